The van der Waals surface area contributed by atoms with Gasteiger partial charge in [0.05, 0.1) is 6.04 Å². The summed E-state index contributed by atoms with van der Waals surface area (Å²) in [7, 11) is 1.78. The molecule has 0 aliphatic carbocycles. The van der Waals surface area contributed by atoms with Gasteiger partial charge in [-0.1, -0.05) is 48.0 Å². The first-order chi connectivity index (χ1) is 7.93. The van der Waals surface area contributed by atoms with Crippen LogP contribution in [0.4, 0.5) is 0 Å². The third-order valence-electron chi connectivity index (χ3n) is 2.74. The van der Waals surface area contributed by atoms with Gasteiger partial charge < -0.3 is 10.6 Å². The average Bonchev–Trinajstić information content (AvgIpc) is 2.30. The first kappa shape index (κ1) is 17.4. The van der Waals surface area contributed by atoms with Crippen LogP contribution in [0.1, 0.15) is 19.4 Å². The minimum atomic E-state index is -0.428. The van der Waals surface area contributed by atoms with Crippen molar-refractivity contribution in [1.29, 1.82) is 0 Å². The molecule has 1 aromatic carbocycles. The zero-order chi connectivity index (χ0) is 13.0. The van der Waals surface area contributed by atoms with E-state index in [9.17, 15) is 4.79 Å². The Morgan fingerprint density at radius 2 is 1.94 bits per heavy atom. The van der Waals surface area contributed by atoms with Gasteiger partial charge in [0.25, 0.3) is 0 Å². The fourth-order valence-electron chi connectivity index (χ4n) is 1.50. The summed E-state index contributed by atoms with van der Waals surface area (Å²) in [6.07, 6.45) is 0. The summed E-state index contributed by atoms with van der Waals surface area (Å²) in [5.74, 6) is 0.139. The fraction of sp³-hybridized carbons (Fsp3) is 0.462. The van der Waals surface area contributed by atoms with E-state index in [1.807, 2.05) is 38.1 Å². The van der Waals surface area contributed by atoms with Crippen LogP contribution in [-0.2, 0) is 11.3 Å². The van der Waals surface area contributed by atoms with E-state index in [1.165, 1.54) is 0 Å². The second-order valence-electron chi connectivity index (χ2n) is 4.56. The molecule has 0 saturated heterocycles. The van der Waals surface area contributed by atoms with Crippen molar-refractivity contribution in [3.63, 3.8) is 0 Å². The molecule has 0 aromatic heterocycles. The fourth-order valence-corrected chi connectivity index (χ4v) is 1.91. The number of amides is 1. The van der Waals surface area contributed by atoms with E-state index >= 15 is 0 Å². The average molecular weight is 336 g/mol. The number of hydrogen-bond acceptors (Lipinski definition) is 2. The molecular weight excluding hydrogens is 316 g/mol. The topological polar surface area (TPSA) is 46.3 Å². The predicted octanol–water partition coefficient (Wildman–Crippen LogP) is 2.81. The number of benzene rings is 1. The van der Waals surface area contributed by atoms with Crippen molar-refractivity contribution >= 4 is 34.2 Å². The van der Waals surface area contributed by atoms with Crippen LogP contribution in [0.15, 0.2) is 28.7 Å². The van der Waals surface area contributed by atoms with Gasteiger partial charge >= 0.3 is 0 Å². The van der Waals surface area contributed by atoms with E-state index in [4.69, 9.17) is 5.73 Å². The van der Waals surface area contributed by atoms with E-state index in [2.05, 4.69) is 15.9 Å². The lowest BCUT2D eigenvalue weighted by Gasteiger charge is -2.23. The molecule has 0 radical (unpaired) electrons. The summed E-state index contributed by atoms with van der Waals surface area (Å²) in [6, 6.07) is 7.45. The lowest BCUT2D eigenvalue weighted by Crippen LogP contribution is -2.44. The summed E-state index contributed by atoms with van der Waals surface area (Å²) < 4.78 is 1.01. The highest BCUT2D eigenvalue weighted by Gasteiger charge is 2.21. The van der Waals surface area contributed by atoms with Crippen LogP contribution in [0, 0.1) is 5.92 Å². The monoisotopic (exact) mass is 334 g/mol. The van der Waals surface area contributed by atoms with Gasteiger partial charge in [0.1, 0.15) is 0 Å². The molecule has 3 nitrogen and oxygen atoms in total. The summed E-state index contributed by atoms with van der Waals surface area (Å²) in [5, 5.41) is 0. The maximum atomic E-state index is 12.0. The van der Waals surface area contributed by atoms with Crippen molar-refractivity contribution in [1.82, 2.24) is 4.90 Å². The molecule has 1 rings (SSSR count). The molecular formula is C13H20BrClN2O. The minimum absolute atomic E-state index is 0. The molecule has 5 heteroatoms. The highest BCUT2D eigenvalue weighted by Crippen LogP contribution is 2.17. The molecule has 0 spiro atoms. The van der Waals surface area contributed by atoms with Gasteiger partial charge in [-0.2, -0.15) is 0 Å². The number of hydrogen-bond donors (Lipinski definition) is 1. The van der Waals surface area contributed by atoms with Crippen molar-refractivity contribution in [2.75, 3.05) is 7.05 Å². The summed E-state index contributed by atoms with van der Waals surface area (Å²) in [6.45, 7) is 4.48. The SMILES string of the molecule is CC(C)C(N)C(=O)N(C)Cc1ccccc1Br.Cl. The molecule has 2 N–H and O–H groups in total. The lowest BCUT2D eigenvalue weighted by atomic mass is 10.0. The number of nitrogens with two attached hydrogens (primary N) is 1. The van der Waals surface area contributed by atoms with E-state index in [0.29, 0.717) is 6.54 Å². The van der Waals surface area contributed by atoms with E-state index in [0.717, 1.165) is 10.0 Å². The molecule has 0 fully saturated rings. The standard InChI is InChI=1S/C13H19BrN2O.ClH/c1-9(2)12(15)13(17)16(3)8-10-6-4-5-7-11(10)14;/h4-7,9,12H,8,15H2,1-3H3;1H. The maximum absolute atomic E-state index is 12.0. The zero-order valence-electron chi connectivity index (χ0n) is 10.9. The van der Waals surface area contributed by atoms with Crippen molar-refractivity contribution in [3.8, 4) is 0 Å². The molecule has 0 bridgehead atoms. The maximum Gasteiger partial charge on any atom is 0.239 e. The van der Waals surface area contributed by atoms with Crippen LogP contribution < -0.4 is 5.73 Å². The Balaban J connectivity index is 0.00000289. The van der Waals surface area contributed by atoms with Crippen LogP contribution in [0.3, 0.4) is 0 Å². The van der Waals surface area contributed by atoms with Gasteiger partial charge in [-0.05, 0) is 17.5 Å². The number of halogens is 2. The van der Waals surface area contributed by atoms with Crippen LogP contribution >= 0.6 is 28.3 Å². The number of nitrogens with zero attached hydrogens (tertiary/aromatic N) is 1. The van der Waals surface area contributed by atoms with Crippen molar-refractivity contribution < 1.29 is 4.79 Å². The van der Waals surface area contributed by atoms with E-state index < -0.39 is 6.04 Å². The molecule has 0 aliphatic heterocycles. The molecule has 1 unspecified atom stereocenters. The number of rotatable bonds is 4. The normalized spacial score (nSPS) is 11.9. The van der Waals surface area contributed by atoms with Gasteiger partial charge in [0.2, 0.25) is 5.91 Å². The second kappa shape index (κ2) is 7.77. The predicted molar refractivity (Wildman–Crippen MR) is 80.7 cm³/mol. The van der Waals surface area contributed by atoms with Crippen molar-refractivity contribution in [2.24, 2.45) is 11.7 Å². The van der Waals surface area contributed by atoms with Gasteiger partial charge in [0.15, 0.2) is 0 Å². The van der Waals surface area contributed by atoms with Gasteiger partial charge in [0, 0.05) is 18.1 Å². The smallest absolute Gasteiger partial charge is 0.239 e. The summed E-state index contributed by atoms with van der Waals surface area (Å²) >= 11 is 3.47. The minimum Gasteiger partial charge on any atom is -0.340 e. The van der Waals surface area contributed by atoms with Gasteiger partial charge in [-0.3, -0.25) is 4.79 Å². The zero-order valence-corrected chi connectivity index (χ0v) is 13.3. The Kier molecular flexibility index (Phi) is 7.52. The quantitative estimate of drug-likeness (QED) is 0.919. The Morgan fingerprint density at radius 3 is 2.44 bits per heavy atom. The van der Waals surface area contributed by atoms with Crippen molar-refractivity contribution in [3.05, 3.63) is 34.3 Å². The number of carbonyl (C=O) groups is 1. The van der Waals surface area contributed by atoms with Crippen LogP contribution in [0.25, 0.3) is 0 Å². The summed E-state index contributed by atoms with van der Waals surface area (Å²) in [4.78, 5) is 13.7. The molecule has 0 saturated carbocycles. The summed E-state index contributed by atoms with van der Waals surface area (Å²) in [5.41, 5.74) is 6.93. The lowest BCUT2D eigenvalue weighted by molar-refractivity contribution is -0.132. The van der Waals surface area contributed by atoms with Crippen LogP contribution in [-0.4, -0.2) is 23.9 Å². The molecule has 0 aliphatic rings. The molecule has 102 valence electrons. The van der Waals surface area contributed by atoms with Gasteiger partial charge in [-0.15, -0.1) is 12.4 Å². The second-order valence-corrected chi connectivity index (χ2v) is 5.41. The van der Waals surface area contributed by atoms with Gasteiger partial charge in [-0.25, -0.2) is 0 Å². The Morgan fingerprint density at radius 1 is 1.39 bits per heavy atom. The highest BCUT2D eigenvalue weighted by atomic mass is 79.9. The Labute approximate surface area is 123 Å². The first-order valence-electron chi connectivity index (χ1n) is 5.67. The molecule has 1 amide bonds. The highest BCUT2D eigenvalue weighted by molar-refractivity contribution is 9.10. The van der Waals surface area contributed by atoms with Crippen LogP contribution in [0.5, 0.6) is 0 Å². The molecule has 0 heterocycles. The largest absolute Gasteiger partial charge is 0.340 e. The van der Waals surface area contributed by atoms with Crippen molar-refractivity contribution in [2.45, 2.75) is 26.4 Å². The first-order valence-corrected chi connectivity index (χ1v) is 6.46. The van der Waals surface area contributed by atoms with E-state index in [-0.39, 0.29) is 24.2 Å². The molecule has 1 aromatic rings. The number of likely N-dealkylation sites (N-methyl/N-ethyl adjacent to an activating group) is 1. The van der Waals surface area contributed by atoms with Crippen LogP contribution in [0.2, 0.25) is 0 Å². The molecule has 1 atom stereocenters. The van der Waals surface area contributed by atoms with E-state index in [1.54, 1.807) is 11.9 Å². The third-order valence-corrected chi connectivity index (χ3v) is 3.52. The third kappa shape index (κ3) is 4.59. The number of carbonyl (C=O) groups excluding carboxylic acids is 1. The Hall–Kier alpha value is -0.580. The Bertz CT molecular complexity index is 398. The molecule has 18 heavy (non-hydrogen) atoms.